The number of unbranched alkanes of at least 4 members (excludes halogenated alkanes) is 1. The third kappa shape index (κ3) is 5.52. The molecule has 0 unspecified atom stereocenters. The minimum Gasteiger partial charge on any atom is -0.490 e. The lowest BCUT2D eigenvalue weighted by Gasteiger charge is -2.12. The Morgan fingerprint density at radius 3 is 2.37 bits per heavy atom. The van der Waals surface area contributed by atoms with Gasteiger partial charge in [0.25, 0.3) is 0 Å². The van der Waals surface area contributed by atoms with Crippen molar-refractivity contribution in [1.29, 1.82) is 0 Å². The Bertz CT molecular complexity index is 364. The zero-order chi connectivity index (χ0) is 13.3. The zero-order valence-corrected chi connectivity index (χ0v) is 11.9. The van der Waals surface area contributed by atoms with E-state index < -0.39 is 0 Å². The van der Waals surface area contributed by atoms with Gasteiger partial charge in [-0.3, -0.25) is 0 Å². The van der Waals surface area contributed by atoms with Crippen molar-refractivity contribution in [3.8, 4) is 11.5 Å². The van der Waals surface area contributed by atoms with Gasteiger partial charge in [-0.15, -0.1) is 0 Å². The monoisotopic (exact) mass is 263 g/mol. The highest BCUT2D eigenvalue weighted by molar-refractivity contribution is 5.39. The summed E-state index contributed by atoms with van der Waals surface area (Å²) in [6, 6.07) is 8.73. The van der Waals surface area contributed by atoms with Gasteiger partial charge in [-0.05, 0) is 50.8 Å². The molecule has 0 atom stereocenters. The second-order valence-corrected chi connectivity index (χ2v) is 5.08. The Labute approximate surface area is 116 Å². The average molecular weight is 263 g/mol. The van der Waals surface area contributed by atoms with Crippen molar-refractivity contribution in [2.24, 2.45) is 0 Å². The number of hydrogen-bond acceptors (Lipinski definition) is 3. The van der Waals surface area contributed by atoms with Crippen LogP contribution in [0.15, 0.2) is 24.3 Å². The first-order valence-corrected chi connectivity index (χ1v) is 7.48. The molecule has 1 aromatic rings. The lowest BCUT2D eigenvalue weighted by Crippen LogP contribution is -2.17. The molecule has 19 heavy (non-hydrogen) atoms. The summed E-state index contributed by atoms with van der Waals surface area (Å²) in [6.45, 7) is 4.73. The SMILES string of the molecule is CCCOc1ccccc1OCCCCNC1CC1. The highest BCUT2D eigenvalue weighted by atomic mass is 16.5. The van der Waals surface area contributed by atoms with Crippen LogP contribution in [-0.2, 0) is 0 Å². The summed E-state index contributed by atoms with van der Waals surface area (Å²) in [5, 5.41) is 3.51. The first kappa shape index (κ1) is 14.2. The number of ether oxygens (including phenoxy) is 2. The van der Waals surface area contributed by atoms with Crippen LogP contribution in [0.25, 0.3) is 0 Å². The second kappa shape index (κ2) is 8.05. The van der Waals surface area contributed by atoms with Gasteiger partial charge in [0.1, 0.15) is 0 Å². The van der Waals surface area contributed by atoms with Crippen LogP contribution in [0.2, 0.25) is 0 Å². The average Bonchev–Trinajstić information content (AvgIpc) is 3.25. The molecule has 0 heterocycles. The highest BCUT2D eigenvalue weighted by Crippen LogP contribution is 2.26. The van der Waals surface area contributed by atoms with Crippen LogP contribution in [0.5, 0.6) is 11.5 Å². The summed E-state index contributed by atoms with van der Waals surface area (Å²) < 4.78 is 11.5. The Morgan fingerprint density at radius 1 is 1.05 bits per heavy atom. The fraction of sp³-hybridized carbons (Fsp3) is 0.625. The summed E-state index contributed by atoms with van der Waals surface area (Å²) in [6.07, 6.45) is 5.99. The van der Waals surface area contributed by atoms with Crippen LogP contribution in [-0.4, -0.2) is 25.8 Å². The molecule has 1 aliphatic rings. The van der Waals surface area contributed by atoms with E-state index in [1.165, 1.54) is 19.3 Å². The predicted octanol–water partition coefficient (Wildman–Crippen LogP) is 3.39. The molecular weight excluding hydrogens is 238 g/mol. The second-order valence-electron chi connectivity index (χ2n) is 5.08. The molecule has 0 saturated heterocycles. The molecule has 1 saturated carbocycles. The van der Waals surface area contributed by atoms with E-state index in [9.17, 15) is 0 Å². The van der Waals surface area contributed by atoms with E-state index in [4.69, 9.17) is 9.47 Å². The Morgan fingerprint density at radius 2 is 1.74 bits per heavy atom. The largest absolute Gasteiger partial charge is 0.490 e. The van der Waals surface area contributed by atoms with Crippen LogP contribution in [0.3, 0.4) is 0 Å². The van der Waals surface area contributed by atoms with E-state index >= 15 is 0 Å². The Balaban J connectivity index is 1.63. The minimum absolute atomic E-state index is 0.742. The van der Waals surface area contributed by atoms with E-state index in [1.54, 1.807) is 0 Å². The van der Waals surface area contributed by atoms with Crippen molar-refractivity contribution in [2.75, 3.05) is 19.8 Å². The molecule has 0 amide bonds. The molecule has 0 aliphatic heterocycles. The maximum atomic E-state index is 5.80. The third-order valence-corrected chi connectivity index (χ3v) is 3.15. The van der Waals surface area contributed by atoms with Gasteiger partial charge in [0.2, 0.25) is 0 Å². The molecule has 1 aromatic carbocycles. The standard InChI is InChI=1S/C16H25NO2/c1-2-12-18-15-7-3-4-8-16(15)19-13-6-5-11-17-14-9-10-14/h3-4,7-8,14,17H,2,5-6,9-13H2,1H3. The molecule has 0 aromatic heterocycles. The summed E-state index contributed by atoms with van der Waals surface area (Å²) in [5.74, 6) is 1.73. The van der Waals surface area contributed by atoms with Crippen molar-refractivity contribution in [3.63, 3.8) is 0 Å². The fourth-order valence-corrected chi connectivity index (χ4v) is 1.90. The molecule has 3 nitrogen and oxygen atoms in total. The van der Waals surface area contributed by atoms with Crippen molar-refractivity contribution in [1.82, 2.24) is 5.32 Å². The number of rotatable bonds is 10. The van der Waals surface area contributed by atoms with Gasteiger partial charge in [0.05, 0.1) is 13.2 Å². The summed E-state index contributed by atoms with van der Waals surface area (Å²) in [7, 11) is 0. The molecule has 0 spiro atoms. The van der Waals surface area contributed by atoms with Gasteiger partial charge in [-0.25, -0.2) is 0 Å². The molecule has 2 rings (SSSR count). The number of hydrogen-bond donors (Lipinski definition) is 1. The highest BCUT2D eigenvalue weighted by Gasteiger charge is 2.19. The third-order valence-electron chi connectivity index (χ3n) is 3.15. The van der Waals surface area contributed by atoms with Crippen LogP contribution < -0.4 is 14.8 Å². The normalized spacial score (nSPS) is 14.4. The van der Waals surface area contributed by atoms with Crippen molar-refractivity contribution in [3.05, 3.63) is 24.3 Å². The van der Waals surface area contributed by atoms with Crippen molar-refractivity contribution >= 4 is 0 Å². The van der Waals surface area contributed by atoms with E-state index in [-0.39, 0.29) is 0 Å². The van der Waals surface area contributed by atoms with Crippen LogP contribution >= 0.6 is 0 Å². The first-order chi connectivity index (χ1) is 9.40. The zero-order valence-electron chi connectivity index (χ0n) is 11.9. The Hall–Kier alpha value is -1.22. The molecule has 1 fully saturated rings. The number of benzene rings is 1. The van der Waals surface area contributed by atoms with E-state index in [0.29, 0.717) is 0 Å². The maximum absolute atomic E-state index is 5.80. The maximum Gasteiger partial charge on any atom is 0.161 e. The topological polar surface area (TPSA) is 30.5 Å². The smallest absolute Gasteiger partial charge is 0.161 e. The lowest BCUT2D eigenvalue weighted by molar-refractivity contribution is 0.263. The van der Waals surface area contributed by atoms with Crippen molar-refractivity contribution in [2.45, 2.75) is 45.1 Å². The predicted molar refractivity (Wildman–Crippen MR) is 78.0 cm³/mol. The van der Waals surface area contributed by atoms with E-state index in [0.717, 1.165) is 50.1 Å². The first-order valence-electron chi connectivity index (χ1n) is 7.48. The van der Waals surface area contributed by atoms with Gasteiger partial charge in [-0.2, -0.15) is 0 Å². The van der Waals surface area contributed by atoms with Crippen LogP contribution in [0.1, 0.15) is 39.0 Å². The fourth-order valence-electron chi connectivity index (χ4n) is 1.90. The molecular formula is C16H25NO2. The molecule has 106 valence electrons. The van der Waals surface area contributed by atoms with Crippen LogP contribution in [0, 0.1) is 0 Å². The molecule has 0 radical (unpaired) electrons. The van der Waals surface area contributed by atoms with Gasteiger partial charge in [-0.1, -0.05) is 19.1 Å². The molecule has 3 heteroatoms. The van der Waals surface area contributed by atoms with Gasteiger partial charge in [0.15, 0.2) is 11.5 Å². The molecule has 1 aliphatic carbocycles. The minimum atomic E-state index is 0.742. The van der Waals surface area contributed by atoms with Gasteiger partial charge >= 0.3 is 0 Å². The van der Waals surface area contributed by atoms with Gasteiger partial charge < -0.3 is 14.8 Å². The quantitative estimate of drug-likeness (QED) is 0.656. The molecule has 0 bridgehead atoms. The van der Waals surface area contributed by atoms with Gasteiger partial charge in [0, 0.05) is 6.04 Å². The summed E-state index contributed by atoms with van der Waals surface area (Å²) in [4.78, 5) is 0. The summed E-state index contributed by atoms with van der Waals surface area (Å²) >= 11 is 0. The number of nitrogens with one attached hydrogen (secondary N) is 1. The number of para-hydroxylation sites is 2. The Kier molecular flexibility index (Phi) is 6.02. The molecule has 1 N–H and O–H groups in total. The summed E-state index contributed by atoms with van der Waals surface area (Å²) in [5.41, 5.74) is 0. The van der Waals surface area contributed by atoms with Crippen molar-refractivity contribution < 1.29 is 9.47 Å². The van der Waals surface area contributed by atoms with Crippen LogP contribution in [0.4, 0.5) is 0 Å². The van der Waals surface area contributed by atoms with E-state index in [2.05, 4.69) is 12.2 Å². The lowest BCUT2D eigenvalue weighted by atomic mass is 10.3. The van der Waals surface area contributed by atoms with E-state index in [1.807, 2.05) is 24.3 Å².